The Balaban J connectivity index is 2.30. The van der Waals surface area contributed by atoms with Gasteiger partial charge in [-0.3, -0.25) is 0 Å². The van der Waals surface area contributed by atoms with Gasteiger partial charge in [-0.25, -0.2) is 0 Å². The highest BCUT2D eigenvalue weighted by molar-refractivity contribution is 9.10. The molecule has 0 amide bonds. The molecule has 2 N–H and O–H groups in total. The van der Waals surface area contributed by atoms with Gasteiger partial charge in [0.25, 0.3) is 0 Å². The summed E-state index contributed by atoms with van der Waals surface area (Å²) in [6.45, 7) is 4.67. The van der Waals surface area contributed by atoms with Crippen molar-refractivity contribution in [2.24, 2.45) is 0 Å². The van der Waals surface area contributed by atoms with Crippen LogP contribution in [0.4, 0.5) is 11.4 Å². The van der Waals surface area contributed by atoms with Crippen LogP contribution < -0.4 is 10.6 Å². The molecule has 1 heterocycles. The van der Waals surface area contributed by atoms with E-state index in [1.54, 1.807) is 0 Å². The Labute approximate surface area is 105 Å². The molecule has 0 aromatic heterocycles. The van der Waals surface area contributed by atoms with Gasteiger partial charge in [0.05, 0.1) is 30.6 Å². The molecule has 4 heteroatoms. The number of benzene rings is 1. The average Bonchev–Trinajstić information content (AvgIpc) is 2.32. The van der Waals surface area contributed by atoms with E-state index in [2.05, 4.69) is 33.8 Å². The van der Waals surface area contributed by atoms with Gasteiger partial charge in [0.2, 0.25) is 0 Å². The van der Waals surface area contributed by atoms with Crippen LogP contribution in [0.1, 0.15) is 13.3 Å². The first-order valence-electron chi connectivity index (χ1n) is 5.61. The molecule has 16 heavy (non-hydrogen) atoms. The molecule has 1 aromatic rings. The van der Waals surface area contributed by atoms with E-state index in [4.69, 9.17) is 10.5 Å². The maximum absolute atomic E-state index is 6.03. The zero-order chi connectivity index (χ0) is 11.5. The number of anilines is 2. The number of hydrogen-bond acceptors (Lipinski definition) is 3. The van der Waals surface area contributed by atoms with Crippen molar-refractivity contribution < 1.29 is 4.74 Å². The number of nitrogens with two attached hydrogens (primary N) is 1. The molecule has 1 atom stereocenters. The van der Waals surface area contributed by atoms with Crippen molar-refractivity contribution in [3.63, 3.8) is 0 Å². The third-order valence-corrected chi connectivity index (χ3v) is 3.49. The molecule has 0 spiro atoms. The Morgan fingerprint density at radius 1 is 1.56 bits per heavy atom. The van der Waals surface area contributed by atoms with Crippen molar-refractivity contribution in [1.82, 2.24) is 0 Å². The number of ether oxygens (including phenoxy) is 1. The summed E-state index contributed by atoms with van der Waals surface area (Å²) in [5.74, 6) is 0. The highest BCUT2D eigenvalue weighted by Gasteiger charge is 2.23. The van der Waals surface area contributed by atoms with Crippen LogP contribution in [0.25, 0.3) is 0 Å². The van der Waals surface area contributed by atoms with Crippen LogP contribution in [0, 0.1) is 0 Å². The van der Waals surface area contributed by atoms with E-state index >= 15 is 0 Å². The van der Waals surface area contributed by atoms with E-state index in [1.165, 1.54) is 0 Å². The Hall–Kier alpha value is -0.740. The molecule has 1 aliphatic heterocycles. The molecule has 0 radical (unpaired) electrons. The fourth-order valence-electron chi connectivity index (χ4n) is 2.08. The summed E-state index contributed by atoms with van der Waals surface area (Å²) in [5.41, 5.74) is 7.99. The molecule has 1 fully saturated rings. The van der Waals surface area contributed by atoms with Crippen LogP contribution in [0.5, 0.6) is 0 Å². The van der Waals surface area contributed by atoms with Gasteiger partial charge in [0, 0.05) is 11.0 Å². The van der Waals surface area contributed by atoms with E-state index in [0.29, 0.717) is 6.04 Å². The highest BCUT2D eigenvalue weighted by atomic mass is 79.9. The van der Waals surface area contributed by atoms with Crippen molar-refractivity contribution in [2.45, 2.75) is 19.4 Å². The second-order valence-corrected chi connectivity index (χ2v) is 4.95. The largest absolute Gasteiger partial charge is 0.397 e. The van der Waals surface area contributed by atoms with Gasteiger partial charge in [-0.1, -0.05) is 22.9 Å². The first-order chi connectivity index (χ1) is 7.72. The number of rotatable bonds is 2. The summed E-state index contributed by atoms with van der Waals surface area (Å²) < 4.78 is 6.57. The molecular weight excluding hydrogens is 268 g/mol. The summed E-state index contributed by atoms with van der Waals surface area (Å²) >= 11 is 3.49. The van der Waals surface area contributed by atoms with Gasteiger partial charge in [-0.15, -0.1) is 0 Å². The minimum absolute atomic E-state index is 0.436. The number of hydrogen-bond donors (Lipinski definition) is 1. The predicted molar refractivity (Wildman–Crippen MR) is 70.8 cm³/mol. The monoisotopic (exact) mass is 284 g/mol. The molecule has 1 saturated heterocycles. The van der Waals surface area contributed by atoms with Crippen molar-refractivity contribution in [3.05, 3.63) is 22.7 Å². The minimum Gasteiger partial charge on any atom is -0.397 e. The fraction of sp³-hybridized carbons (Fsp3) is 0.500. The smallest absolute Gasteiger partial charge is 0.0670 e. The minimum atomic E-state index is 0.436. The van der Waals surface area contributed by atoms with Crippen molar-refractivity contribution in [1.29, 1.82) is 0 Å². The lowest BCUT2D eigenvalue weighted by molar-refractivity contribution is 0.0930. The van der Waals surface area contributed by atoms with Crippen LogP contribution in [0.2, 0.25) is 0 Å². The molecule has 1 unspecified atom stereocenters. The lowest BCUT2D eigenvalue weighted by atomic mass is 10.1. The zero-order valence-electron chi connectivity index (χ0n) is 9.45. The quantitative estimate of drug-likeness (QED) is 0.849. The Bertz CT molecular complexity index is 370. The summed E-state index contributed by atoms with van der Waals surface area (Å²) in [5, 5.41) is 0. The topological polar surface area (TPSA) is 38.5 Å². The third kappa shape index (κ3) is 2.33. The van der Waals surface area contributed by atoms with Gasteiger partial charge in [0.1, 0.15) is 0 Å². The lowest BCUT2D eigenvalue weighted by Gasteiger charge is -2.37. The maximum Gasteiger partial charge on any atom is 0.0670 e. The number of halogens is 1. The molecule has 0 saturated carbocycles. The van der Waals surface area contributed by atoms with Crippen LogP contribution in [0.15, 0.2) is 22.7 Å². The lowest BCUT2D eigenvalue weighted by Crippen LogP contribution is -2.45. The van der Waals surface area contributed by atoms with E-state index in [0.717, 1.165) is 42.0 Å². The van der Waals surface area contributed by atoms with Crippen LogP contribution >= 0.6 is 15.9 Å². The van der Waals surface area contributed by atoms with Gasteiger partial charge in [-0.05, 0) is 24.6 Å². The zero-order valence-corrected chi connectivity index (χ0v) is 11.0. The van der Waals surface area contributed by atoms with Gasteiger partial charge in [-0.2, -0.15) is 0 Å². The number of nitrogens with zero attached hydrogens (tertiary/aromatic N) is 1. The second kappa shape index (κ2) is 5.06. The maximum atomic E-state index is 6.03. The fourth-order valence-corrected chi connectivity index (χ4v) is 2.42. The Morgan fingerprint density at radius 3 is 3.12 bits per heavy atom. The van der Waals surface area contributed by atoms with E-state index in [-0.39, 0.29) is 0 Å². The summed E-state index contributed by atoms with van der Waals surface area (Å²) in [4.78, 5) is 2.35. The average molecular weight is 285 g/mol. The Kier molecular flexibility index (Phi) is 3.71. The molecule has 88 valence electrons. The first kappa shape index (κ1) is 11.7. The molecule has 2 rings (SSSR count). The van der Waals surface area contributed by atoms with Crippen LogP contribution in [-0.2, 0) is 4.74 Å². The third-order valence-electron chi connectivity index (χ3n) is 3.00. The van der Waals surface area contributed by atoms with Crippen molar-refractivity contribution >= 4 is 27.3 Å². The number of nitrogen functional groups attached to an aromatic ring is 1. The van der Waals surface area contributed by atoms with Crippen molar-refractivity contribution in [3.8, 4) is 0 Å². The molecule has 3 nitrogen and oxygen atoms in total. The second-order valence-electron chi connectivity index (χ2n) is 4.03. The first-order valence-corrected chi connectivity index (χ1v) is 6.41. The van der Waals surface area contributed by atoms with E-state index in [9.17, 15) is 0 Å². The SMILES string of the molecule is CCC1COCCN1c1cc(Br)ccc1N. The summed E-state index contributed by atoms with van der Waals surface area (Å²) in [6.07, 6.45) is 1.08. The summed E-state index contributed by atoms with van der Waals surface area (Å²) in [6, 6.07) is 6.44. The molecule has 0 bridgehead atoms. The Morgan fingerprint density at radius 2 is 2.38 bits per heavy atom. The van der Waals surface area contributed by atoms with Gasteiger partial charge >= 0.3 is 0 Å². The number of morpholine rings is 1. The molecule has 0 aliphatic carbocycles. The standard InChI is InChI=1S/C12H17BrN2O/c1-2-10-8-16-6-5-15(10)12-7-9(13)3-4-11(12)14/h3-4,7,10H,2,5-6,8,14H2,1H3. The normalized spacial score (nSPS) is 21.1. The molecule has 1 aromatic carbocycles. The van der Waals surface area contributed by atoms with Crippen LogP contribution in [-0.4, -0.2) is 25.8 Å². The molecule has 1 aliphatic rings. The highest BCUT2D eigenvalue weighted by Crippen LogP contribution is 2.30. The molecular formula is C12H17BrN2O. The predicted octanol–water partition coefficient (Wildman–Crippen LogP) is 2.65. The van der Waals surface area contributed by atoms with Gasteiger partial charge < -0.3 is 15.4 Å². The van der Waals surface area contributed by atoms with E-state index in [1.807, 2.05) is 12.1 Å². The summed E-state index contributed by atoms with van der Waals surface area (Å²) in [7, 11) is 0. The van der Waals surface area contributed by atoms with Crippen molar-refractivity contribution in [2.75, 3.05) is 30.4 Å². The van der Waals surface area contributed by atoms with E-state index < -0.39 is 0 Å². The van der Waals surface area contributed by atoms with Crippen LogP contribution in [0.3, 0.4) is 0 Å². The van der Waals surface area contributed by atoms with Gasteiger partial charge in [0.15, 0.2) is 0 Å².